The molecule has 1 amide bonds. The number of carbonyl (C=O) groups excluding carboxylic acids is 1. The van der Waals surface area contributed by atoms with Crippen molar-refractivity contribution in [3.63, 3.8) is 0 Å². The third-order valence-electron chi connectivity index (χ3n) is 5.50. The number of aryl methyl sites for hydroxylation is 1. The maximum absolute atomic E-state index is 13.1. The van der Waals surface area contributed by atoms with Crippen LogP contribution in [0.15, 0.2) is 54.9 Å². The molecule has 5 rings (SSSR count). The molecule has 0 saturated carbocycles. The minimum absolute atomic E-state index is 0.0320. The van der Waals surface area contributed by atoms with Gasteiger partial charge in [-0.15, -0.1) is 0 Å². The Hall–Kier alpha value is -2.79. The van der Waals surface area contributed by atoms with Crippen molar-refractivity contribution in [2.24, 2.45) is 0 Å². The molecule has 5 nitrogen and oxygen atoms in total. The number of amides is 1. The van der Waals surface area contributed by atoms with Gasteiger partial charge in [0.15, 0.2) is 0 Å². The van der Waals surface area contributed by atoms with Gasteiger partial charge in [0.2, 0.25) is 0 Å². The normalized spacial score (nSPS) is 21.9. The summed E-state index contributed by atoms with van der Waals surface area (Å²) in [5, 5.41) is 0. The van der Waals surface area contributed by atoms with Crippen LogP contribution in [0.5, 0.6) is 0 Å². The molecule has 2 aliphatic rings. The number of aromatic nitrogens is 2. The second-order valence-electron chi connectivity index (χ2n) is 6.99. The summed E-state index contributed by atoms with van der Waals surface area (Å²) < 4.78 is 6.22. The van der Waals surface area contributed by atoms with Crippen LogP contribution in [0.2, 0.25) is 0 Å². The Labute approximate surface area is 151 Å². The number of hydrogen-bond donors (Lipinski definition) is 0. The van der Waals surface area contributed by atoms with Gasteiger partial charge in [0.05, 0.1) is 24.2 Å². The summed E-state index contributed by atoms with van der Waals surface area (Å²) in [7, 11) is 0. The predicted molar refractivity (Wildman–Crippen MR) is 97.8 cm³/mol. The molecular weight excluding hydrogens is 326 g/mol. The summed E-state index contributed by atoms with van der Waals surface area (Å²) in [6, 6.07) is 14.0. The van der Waals surface area contributed by atoms with E-state index in [9.17, 15) is 4.79 Å². The topological polar surface area (TPSA) is 55.3 Å². The summed E-state index contributed by atoms with van der Waals surface area (Å²) in [6.45, 7) is 1.77. The van der Waals surface area contributed by atoms with Crippen LogP contribution >= 0.6 is 0 Å². The number of benzene rings is 2. The van der Waals surface area contributed by atoms with Crippen LogP contribution in [0.25, 0.3) is 11.0 Å². The van der Waals surface area contributed by atoms with Gasteiger partial charge >= 0.3 is 0 Å². The van der Waals surface area contributed by atoms with Crippen molar-refractivity contribution in [2.45, 2.75) is 18.4 Å². The first kappa shape index (κ1) is 15.5. The van der Waals surface area contributed by atoms with E-state index in [0.717, 1.165) is 23.9 Å². The summed E-state index contributed by atoms with van der Waals surface area (Å²) in [6.07, 6.45) is 5.24. The van der Waals surface area contributed by atoms with Crippen LogP contribution in [-0.2, 0) is 16.8 Å². The molecule has 1 saturated heterocycles. The number of morpholine rings is 1. The van der Waals surface area contributed by atoms with Gasteiger partial charge in [-0.05, 0) is 42.2 Å². The monoisotopic (exact) mass is 345 g/mol. The van der Waals surface area contributed by atoms with E-state index >= 15 is 0 Å². The molecule has 0 N–H and O–H groups in total. The van der Waals surface area contributed by atoms with Gasteiger partial charge in [0.25, 0.3) is 5.91 Å². The van der Waals surface area contributed by atoms with Gasteiger partial charge < -0.3 is 9.64 Å². The van der Waals surface area contributed by atoms with E-state index in [1.807, 2.05) is 23.1 Å². The third kappa shape index (κ3) is 2.39. The smallest absolute Gasteiger partial charge is 0.254 e. The Morgan fingerprint density at radius 3 is 2.85 bits per heavy atom. The quantitative estimate of drug-likeness (QED) is 0.680. The molecule has 2 aromatic carbocycles. The Balaban J connectivity index is 1.45. The average Bonchev–Trinajstić information content (AvgIpc) is 3.05. The van der Waals surface area contributed by atoms with Gasteiger partial charge in [0, 0.05) is 24.5 Å². The van der Waals surface area contributed by atoms with E-state index in [0.29, 0.717) is 25.3 Å². The zero-order valence-corrected chi connectivity index (χ0v) is 14.4. The minimum Gasteiger partial charge on any atom is -0.367 e. The molecule has 2 heterocycles. The molecule has 1 fully saturated rings. The maximum atomic E-state index is 13.1. The summed E-state index contributed by atoms with van der Waals surface area (Å²) in [5.41, 5.74) is 4.41. The molecule has 1 aromatic heterocycles. The first-order chi connectivity index (χ1) is 12.8. The fourth-order valence-corrected chi connectivity index (χ4v) is 4.20. The Kier molecular flexibility index (Phi) is 3.50. The average molecular weight is 345 g/mol. The lowest BCUT2D eigenvalue weighted by Gasteiger charge is -2.41. The number of fused-ring (bicyclic) bond motifs is 3. The minimum atomic E-state index is -0.360. The molecular formula is C21H19N3O2. The Morgan fingerprint density at radius 2 is 1.92 bits per heavy atom. The molecule has 1 spiro atoms. The number of carbonyl (C=O) groups is 1. The molecule has 3 aromatic rings. The standard InChI is InChI=1S/C21H19N3O2/c25-20(16-5-6-18-19(13-16)23-10-9-22-18)24-11-12-26-21(14-24)8-7-15-3-1-2-4-17(15)21/h1-6,9-10,13H,7-8,11-12,14H2/t21-/m0/s1. The molecule has 0 bridgehead atoms. The van der Waals surface area contributed by atoms with Gasteiger partial charge in [0.1, 0.15) is 5.60 Å². The van der Waals surface area contributed by atoms with Crippen LogP contribution in [0.3, 0.4) is 0 Å². The van der Waals surface area contributed by atoms with E-state index in [-0.39, 0.29) is 11.5 Å². The second kappa shape index (κ2) is 5.88. The van der Waals surface area contributed by atoms with Crippen molar-refractivity contribution < 1.29 is 9.53 Å². The van der Waals surface area contributed by atoms with Gasteiger partial charge in [-0.3, -0.25) is 14.8 Å². The zero-order chi connectivity index (χ0) is 17.6. The molecule has 0 unspecified atom stereocenters. The largest absolute Gasteiger partial charge is 0.367 e. The predicted octanol–water partition coefficient (Wildman–Crippen LogP) is 2.94. The molecule has 5 heteroatoms. The van der Waals surface area contributed by atoms with Crippen molar-refractivity contribution in [1.82, 2.24) is 14.9 Å². The van der Waals surface area contributed by atoms with E-state index in [1.54, 1.807) is 12.4 Å². The van der Waals surface area contributed by atoms with Crippen molar-refractivity contribution in [2.75, 3.05) is 19.7 Å². The van der Waals surface area contributed by atoms with Crippen LogP contribution in [0.4, 0.5) is 0 Å². The zero-order valence-electron chi connectivity index (χ0n) is 14.4. The lowest BCUT2D eigenvalue weighted by atomic mass is 9.93. The van der Waals surface area contributed by atoms with E-state index in [4.69, 9.17) is 4.74 Å². The SMILES string of the molecule is O=C(c1ccc2nccnc2c1)N1CCO[C@@]2(CCc3ccccc32)C1. The molecule has 26 heavy (non-hydrogen) atoms. The number of ether oxygens (including phenoxy) is 1. The fourth-order valence-electron chi connectivity index (χ4n) is 4.20. The van der Waals surface area contributed by atoms with Gasteiger partial charge in [-0.25, -0.2) is 0 Å². The third-order valence-corrected chi connectivity index (χ3v) is 5.50. The second-order valence-corrected chi connectivity index (χ2v) is 6.99. The van der Waals surface area contributed by atoms with Crippen molar-refractivity contribution >= 4 is 16.9 Å². The molecule has 1 aliphatic carbocycles. The summed E-state index contributed by atoms with van der Waals surface area (Å²) in [5.74, 6) is 0.0320. The van der Waals surface area contributed by atoms with Crippen LogP contribution in [-0.4, -0.2) is 40.5 Å². The van der Waals surface area contributed by atoms with E-state index in [2.05, 4.69) is 34.2 Å². The first-order valence-electron chi connectivity index (χ1n) is 8.98. The highest BCUT2D eigenvalue weighted by Crippen LogP contribution is 2.42. The van der Waals surface area contributed by atoms with Crippen molar-refractivity contribution in [1.29, 1.82) is 0 Å². The first-order valence-corrected chi connectivity index (χ1v) is 8.98. The highest BCUT2D eigenvalue weighted by molar-refractivity contribution is 5.97. The van der Waals surface area contributed by atoms with Gasteiger partial charge in [-0.2, -0.15) is 0 Å². The molecule has 130 valence electrons. The van der Waals surface area contributed by atoms with Crippen LogP contribution < -0.4 is 0 Å². The van der Waals surface area contributed by atoms with Crippen molar-refractivity contribution in [3.05, 3.63) is 71.5 Å². The van der Waals surface area contributed by atoms with E-state index < -0.39 is 0 Å². The number of nitrogens with zero attached hydrogens (tertiary/aromatic N) is 3. The number of hydrogen-bond acceptors (Lipinski definition) is 4. The number of rotatable bonds is 1. The molecule has 0 radical (unpaired) electrons. The Morgan fingerprint density at radius 1 is 1.08 bits per heavy atom. The maximum Gasteiger partial charge on any atom is 0.254 e. The highest BCUT2D eigenvalue weighted by atomic mass is 16.5. The van der Waals surface area contributed by atoms with Crippen LogP contribution in [0, 0.1) is 0 Å². The highest BCUT2D eigenvalue weighted by Gasteiger charge is 2.44. The lowest BCUT2D eigenvalue weighted by Crippen LogP contribution is -2.51. The molecule has 1 atom stereocenters. The summed E-state index contributed by atoms with van der Waals surface area (Å²) in [4.78, 5) is 23.6. The van der Waals surface area contributed by atoms with Crippen LogP contribution in [0.1, 0.15) is 27.9 Å². The van der Waals surface area contributed by atoms with E-state index in [1.165, 1.54) is 11.1 Å². The molecule has 1 aliphatic heterocycles. The van der Waals surface area contributed by atoms with Gasteiger partial charge in [-0.1, -0.05) is 24.3 Å². The fraction of sp³-hybridized carbons (Fsp3) is 0.286. The summed E-state index contributed by atoms with van der Waals surface area (Å²) >= 11 is 0. The lowest BCUT2D eigenvalue weighted by molar-refractivity contribution is -0.103. The Bertz CT molecular complexity index is 999. The van der Waals surface area contributed by atoms with Crippen molar-refractivity contribution in [3.8, 4) is 0 Å².